The largest absolute Gasteiger partial charge is 0.487 e. The molecule has 8 heteroatoms. The van der Waals surface area contributed by atoms with Crippen LogP contribution in [0.15, 0.2) is 23.1 Å². The van der Waals surface area contributed by atoms with Crippen molar-refractivity contribution in [3.05, 3.63) is 23.8 Å². The summed E-state index contributed by atoms with van der Waals surface area (Å²) in [6.45, 7) is 5.66. The SMILES string of the molecule is CCC(=O)N(C)C[C@@H]1Oc2cc(C#CC3CCCCC3)ccc2S(=O)(=O)N([C@H](C)CO)C[C@@H]1C. The van der Waals surface area contributed by atoms with Crippen molar-refractivity contribution in [3.8, 4) is 17.6 Å². The topological polar surface area (TPSA) is 87.2 Å². The second-order valence-corrected chi connectivity index (χ2v) is 11.5. The van der Waals surface area contributed by atoms with Crippen LogP contribution < -0.4 is 4.74 Å². The van der Waals surface area contributed by atoms with E-state index in [0.29, 0.717) is 24.4 Å². The number of amides is 1. The summed E-state index contributed by atoms with van der Waals surface area (Å²) in [6.07, 6.45) is 5.85. The molecule has 1 amide bonds. The standard InChI is InChI=1S/C26H38N2O5S/c1-5-26(30)27(4)17-24-19(2)16-28(20(3)18-29)34(31,32)25-14-13-22(15-23(25)33-24)12-11-21-9-7-6-8-10-21/h13-15,19-21,24,29H,5-10,16-18H2,1-4H3/t19-,20+,24-/m0/s1. The van der Waals surface area contributed by atoms with Gasteiger partial charge in [-0.3, -0.25) is 4.79 Å². The molecule has 1 aromatic carbocycles. The van der Waals surface area contributed by atoms with Crippen molar-refractivity contribution >= 4 is 15.9 Å². The van der Waals surface area contributed by atoms with Crippen LogP contribution in [-0.2, 0) is 14.8 Å². The van der Waals surface area contributed by atoms with Gasteiger partial charge in [0.15, 0.2) is 0 Å². The van der Waals surface area contributed by atoms with E-state index in [1.54, 1.807) is 37.1 Å². The van der Waals surface area contributed by atoms with E-state index < -0.39 is 22.2 Å². The number of hydrogen-bond donors (Lipinski definition) is 1. The number of rotatable bonds is 5. The molecule has 3 rings (SSSR count). The summed E-state index contributed by atoms with van der Waals surface area (Å²) in [5.41, 5.74) is 0.714. The van der Waals surface area contributed by atoms with Crippen molar-refractivity contribution < 1.29 is 23.1 Å². The molecule has 1 aliphatic carbocycles. The van der Waals surface area contributed by atoms with Crippen molar-refractivity contribution in [2.45, 2.75) is 76.3 Å². The van der Waals surface area contributed by atoms with E-state index in [1.165, 1.54) is 23.6 Å². The number of fused-ring (bicyclic) bond motifs is 1. The minimum atomic E-state index is -3.89. The van der Waals surface area contributed by atoms with Crippen LogP contribution in [0, 0.1) is 23.7 Å². The molecular weight excluding hydrogens is 452 g/mol. The molecule has 1 aliphatic heterocycles. The van der Waals surface area contributed by atoms with E-state index in [4.69, 9.17) is 4.74 Å². The first-order chi connectivity index (χ1) is 16.2. The van der Waals surface area contributed by atoms with Crippen LogP contribution in [-0.4, -0.2) is 67.5 Å². The highest BCUT2D eigenvalue weighted by Crippen LogP contribution is 2.34. The Morgan fingerprint density at radius 1 is 1.29 bits per heavy atom. The van der Waals surface area contributed by atoms with E-state index in [0.717, 1.165) is 12.8 Å². The Kier molecular flexibility index (Phi) is 9.02. The zero-order chi connectivity index (χ0) is 24.9. The van der Waals surface area contributed by atoms with Gasteiger partial charge >= 0.3 is 0 Å². The minimum absolute atomic E-state index is 0.00149. The average molecular weight is 491 g/mol. The van der Waals surface area contributed by atoms with Crippen molar-refractivity contribution in [2.24, 2.45) is 11.8 Å². The molecule has 2 aliphatic rings. The Morgan fingerprint density at radius 2 is 2.00 bits per heavy atom. The predicted molar refractivity (Wildman–Crippen MR) is 132 cm³/mol. The molecule has 1 N–H and O–H groups in total. The van der Waals surface area contributed by atoms with Gasteiger partial charge in [-0.1, -0.05) is 45.0 Å². The number of benzene rings is 1. The number of carbonyl (C=O) groups is 1. The smallest absolute Gasteiger partial charge is 0.247 e. The summed E-state index contributed by atoms with van der Waals surface area (Å²) in [4.78, 5) is 13.9. The first-order valence-corrected chi connectivity index (χ1v) is 13.8. The van der Waals surface area contributed by atoms with Crippen molar-refractivity contribution in [1.82, 2.24) is 9.21 Å². The summed E-state index contributed by atoms with van der Waals surface area (Å²) in [5.74, 6) is 7.00. The van der Waals surface area contributed by atoms with E-state index in [-0.39, 0.29) is 35.6 Å². The zero-order valence-electron chi connectivity index (χ0n) is 20.8. The van der Waals surface area contributed by atoms with Gasteiger partial charge in [0.2, 0.25) is 15.9 Å². The van der Waals surface area contributed by atoms with Gasteiger partial charge in [-0.25, -0.2) is 8.42 Å². The lowest BCUT2D eigenvalue weighted by Crippen LogP contribution is -2.50. The van der Waals surface area contributed by atoms with E-state index in [9.17, 15) is 18.3 Å². The molecule has 0 saturated heterocycles. The number of carbonyl (C=O) groups excluding carboxylic acids is 1. The third-order valence-electron chi connectivity index (χ3n) is 6.87. The molecule has 0 spiro atoms. The molecule has 3 atom stereocenters. The van der Waals surface area contributed by atoms with Gasteiger partial charge in [-0.15, -0.1) is 0 Å². The monoisotopic (exact) mass is 490 g/mol. The second kappa shape index (κ2) is 11.6. The summed E-state index contributed by atoms with van der Waals surface area (Å²) < 4.78 is 34.8. The molecule has 34 heavy (non-hydrogen) atoms. The number of aliphatic hydroxyl groups is 1. The average Bonchev–Trinajstić information content (AvgIpc) is 2.84. The van der Waals surface area contributed by atoms with Crippen LogP contribution >= 0.6 is 0 Å². The van der Waals surface area contributed by atoms with Crippen LogP contribution in [0.4, 0.5) is 0 Å². The fourth-order valence-corrected chi connectivity index (χ4v) is 6.42. The second-order valence-electron chi connectivity index (χ2n) is 9.63. The molecule has 188 valence electrons. The van der Waals surface area contributed by atoms with Gasteiger partial charge in [0.25, 0.3) is 0 Å². The molecule has 1 saturated carbocycles. The molecule has 1 heterocycles. The maximum atomic E-state index is 13.6. The Labute approximate surface area is 204 Å². The highest BCUT2D eigenvalue weighted by atomic mass is 32.2. The maximum absolute atomic E-state index is 13.6. The molecule has 0 unspecified atom stereocenters. The summed E-state index contributed by atoms with van der Waals surface area (Å²) in [6, 6.07) is 4.40. The van der Waals surface area contributed by atoms with E-state index in [1.807, 2.05) is 13.8 Å². The summed E-state index contributed by atoms with van der Waals surface area (Å²) in [5, 5.41) is 9.76. The Bertz CT molecular complexity index is 1020. The lowest BCUT2D eigenvalue weighted by atomic mass is 9.90. The van der Waals surface area contributed by atoms with Gasteiger partial charge in [-0.2, -0.15) is 4.31 Å². The van der Waals surface area contributed by atoms with E-state index in [2.05, 4.69) is 11.8 Å². The first-order valence-electron chi connectivity index (χ1n) is 12.4. The molecular formula is C26H38N2O5S. The normalized spacial score (nSPS) is 23.9. The van der Waals surface area contributed by atoms with Gasteiger partial charge < -0.3 is 14.7 Å². The lowest BCUT2D eigenvalue weighted by Gasteiger charge is -2.37. The quantitative estimate of drug-likeness (QED) is 0.641. The number of hydrogen-bond acceptors (Lipinski definition) is 5. The maximum Gasteiger partial charge on any atom is 0.247 e. The fraction of sp³-hybridized carbons (Fsp3) is 0.654. The number of ether oxygens (including phenoxy) is 1. The van der Waals surface area contributed by atoms with Crippen LogP contribution in [0.2, 0.25) is 0 Å². The van der Waals surface area contributed by atoms with Gasteiger partial charge in [-0.05, 0) is 38.0 Å². The molecule has 1 aromatic rings. The van der Waals surface area contributed by atoms with Crippen molar-refractivity contribution in [3.63, 3.8) is 0 Å². The molecule has 7 nitrogen and oxygen atoms in total. The van der Waals surface area contributed by atoms with Crippen LogP contribution in [0.25, 0.3) is 0 Å². The molecule has 1 fully saturated rings. The number of sulfonamides is 1. The van der Waals surface area contributed by atoms with Crippen LogP contribution in [0.5, 0.6) is 5.75 Å². The number of nitrogens with zero attached hydrogens (tertiary/aromatic N) is 2. The molecule has 0 bridgehead atoms. The number of likely N-dealkylation sites (N-methyl/N-ethyl adjacent to an activating group) is 1. The fourth-order valence-electron chi connectivity index (χ4n) is 4.60. The molecule has 0 radical (unpaired) electrons. The molecule has 0 aromatic heterocycles. The summed E-state index contributed by atoms with van der Waals surface area (Å²) >= 11 is 0. The zero-order valence-corrected chi connectivity index (χ0v) is 21.6. The highest BCUT2D eigenvalue weighted by Gasteiger charge is 2.38. The van der Waals surface area contributed by atoms with Crippen LogP contribution in [0.3, 0.4) is 0 Å². The van der Waals surface area contributed by atoms with Gasteiger partial charge in [0, 0.05) is 43.5 Å². The summed E-state index contributed by atoms with van der Waals surface area (Å²) in [7, 11) is -2.16. The third kappa shape index (κ3) is 6.12. The van der Waals surface area contributed by atoms with Crippen molar-refractivity contribution in [2.75, 3.05) is 26.7 Å². The number of aliphatic hydroxyl groups excluding tert-OH is 1. The van der Waals surface area contributed by atoms with Gasteiger partial charge in [0.1, 0.15) is 16.7 Å². The Balaban J connectivity index is 2.01. The predicted octanol–water partition coefficient (Wildman–Crippen LogP) is 3.26. The lowest BCUT2D eigenvalue weighted by molar-refractivity contribution is -0.131. The third-order valence-corrected chi connectivity index (χ3v) is 8.89. The highest BCUT2D eigenvalue weighted by molar-refractivity contribution is 7.89. The van der Waals surface area contributed by atoms with Crippen LogP contribution in [0.1, 0.15) is 64.9 Å². The minimum Gasteiger partial charge on any atom is -0.487 e. The van der Waals surface area contributed by atoms with Gasteiger partial charge in [0.05, 0.1) is 13.2 Å². The van der Waals surface area contributed by atoms with Crippen molar-refractivity contribution in [1.29, 1.82) is 0 Å². The Hall–Kier alpha value is -2.08. The first kappa shape index (κ1) is 26.5. The van der Waals surface area contributed by atoms with E-state index >= 15 is 0 Å². The Morgan fingerprint density at radius 3 is 2.65 bits per heavy atom.